The molecular formula is C23H29N5O4. The summed E-state index contributed by atoms with van der Waals surface area (Å²) in [4.78, 5) is 41.3. The molecule has 2 aliphatic heterocycles. The Morgan fingerprint density at radius 1 is 1.19 bits per heavy atom. The zero-order chi connectivity index (χ0) is 22.7. The van der Waals surface area contributed by atoms with E-state index in [2.05, 4.69) is 5.10 Å². The van der Waals surface area contributed by atoms with Crippen LogP contribution in [0, 0.1) is 0 Å². The number of nitrogens with two attached hydrogens (primary N) is 1. The largest absolute Gasteiger partial charge is 0.497 e. The average Bonchev–Trinajstić information content (AvgIpc) is 3.54. The molecule has 2 amide bonds. The minimum absolute atomic E-state index is 0.0476. The standard InChI is InChI=1S/C23H29N5O4/c1-32-17-10-8-16(9-11-17)28-23(24)18(15-25-28)22(31)19-5-2-14-27(19)21(30)7-4-13-26-12-3-6-20(26)29/h8-11,15,19H,2-7,12-14,24H2,1H3/t19-/m0/s1. The number of benzene rings is 1. The van der Waals surface area contributed by atoms with Gasteiger partial charge < -0.3 is 20.3 Å². The van der Waals surface area contributed by atoms with Gasteiger partial charge in [-0.2, -0.15) is 5.10 Å². The fourth-order valence-electron chi connectivity index (χ4n) is 4.50. The van der Waals surface area contributed by atoms with Gasteiger partial charge in [0.25, 0.3) is 0 Å². The Labute approximate surface area is 187 Å². The van der Waals surface area contributed by atoms with E-state index in [9.17, 15) is 14.4 Å². The van der Waals surface area contributed by atoms with Crippen LogP contribution in [0.2, 0.25) is 0 Å². The molecule has 1 atom stereocenters. The molecule has 9 heteroatoms. The van der Waals surface area contributed by atoms with Crippen molar-refractivity contribution in [3.8, 4) is 11.4 Å². The number of aromatic nitrogens is 2. The summed E-state index contributed by atoms with van der Waals surface area (Å²) in [5.74, 6) is 0.907. The van der Waals surface area contributed by atoms with Crippen molar-refractivity contribution < 1.29 is 19.1 Å². The number of likely N-dealkylation sites (tertiary alicyclic amines) is 2. The van der Waals surface area contributed by atoms with Crippen LogP contribution in [0.15, 0.2) is 30.5 Å². The Morgan fingerprint density at radius 3 is 2.66 bits per heavy atom. The molecule has 2 aliphatic rings. The summed E-state index contributed by atoms with van der Waals surface area (Å²) in [7, 11) is 1.59. The first-order chi connectivity index (χ1) is 15.5. The van der Waals surface area contributed by atoms with Crippen LogP contribution in [-0.2, 0) is 9.59 Å². The molecular weight excluding hydrogens is 410 g/mol. The molecule has 0 spiro atoms. The van der Waals surface area contributed by atoms with Crippen LogP contribution in [0.5, 0.6) is 5.75 Å². The monoisotopic (exact) mass is 439 g/mol. The van der Waals surface area contributed by atoms with Gasteiger partial charge in [-0.25, -0.2) is 4.68 Å². The van der Waals surface area contributed by atoms with E-state index in [1.807, 2.05) is 17.0 Å². The lowest BCUT2D eigenvalue weighted by Crippen LogP contribution is -2.41. The molecule has 2 fully saturated rings. The van der Waals surface area contributed by atoms with Gasteiger partial charge in [-0.1, -0.05) is 0 Å². The van der Waals surface area contributed by atoms with Crippen molar-refractivity contribution in [3.05, 3.63) is 36.0 Å². The van der Waals surface area contributed by atoms with Crippen molar-refractivity contribution in [1.82, 2.24) is 19.6 Å². The number of Topliss-reactive ketones (excluding diaryl/α,β-unsaturated/α-hetero) is 1. The van der Waals surface area contributed by atoms with Crippen molar-refractivity contribution >= 4 is 23.4 Å². The SMILES string of the molecule is COc1ccc(-n2ncc(C(=O)[C@@H]3CCCN3C(=O)CCCN3CCCC3=O)c2N)cc1. The maximum Gasteiger partial charge on any atom is 0.223 e. The normalized spacial score (nSPS) is 18.4. The van der Waals surface area contributed by atoms with Gasteiger partial charge in [0.05, 0.1) is 30.6 Å². The van der Waals surface area contributed by atoms with Crippen molar-refractivity contribution in [3.63, 3.8) is 0 Å². The van der Waals surface area contributed by atoms with E-state index in [4.69, 9.17) is 10.5 Å². The number of amides is 2. The fourth-order valence-corrected chi connectivity index (χ4v) is 4.50. The first-order valence-electron chi connectivity index (χ1n) is 11.1. The highest BCUT2D eigenvalue weighted by molar-refractivity contribution is 6.05. The maximum atomic E-state index is 13.3. The van der Waals surface area contributed by atoms with Crippen LogP contribution in [0.25, 0.3) is 5.69 Å². The van der Waals surface area contributed by atoms with Gasteiger partial charge in [-0.05, 0) is 49.9 Å². The lowest BCUT2D eigenvalue weighted by atomic mass is 10.0. The third-order valence-electron chi connectivity index (χ3n) is 6.25. The second-order valence-electron chi connectivity index (χ2n) is 8.25. The number of nitrogens with zero attached hydrogens (tertiary/aromatic N) is 4. The highest BCUT2D eigenvalue weighted by Gasteiger charge is 2.36. The van der Waals surface area contributed by atoms with Gasteiger partial charge in [0.15, 0.2) is 5.78 Å². The number of hydrogen-bond donors (Lipinski definition) is 1. The van der Waals surface area contributed by atoms with Crippen molar-refractivity contribution in [2.45, 2.75) is 44.6 Å². The van der Waals surface area contributed by atoms with Crippen LogP contribution in [0.3, 0.4) is 0 Å². The van der Waals surface area contributed by atoms with Gasteiger partial charge in [0.1, 0.15) is 11.6 Å². The van der Waals surface area contributed by atoms with Crippen molar-refractivity contribution in [2.75, 3.05) is 32.5 Å². The molecule has 1 aromatic carbocycles. The van der Waals surface area contributed by atoms with E-state index < -0.39 is 6.04 Å². The quantitative estimate of drug-likeness (QED) is 0.630. The molecule has 32 heavy (non-hydrogen) atoms. The summed E-state index contributed by atoms with van der Waals surface area (Å²) in [6.07, 6.45) is 5.29. The third kappa shape index (κ3) is 4.32. The number of methoxy groups -OCH3 is 1. The number of anilines is 1. The molecule has 2 aromatic rings. The van der Waals surface area contributed by atoms with Gasteiger partial charge in [-0.15, -0.1) is 0 Å². The molecule has 4 rings (SSSR count). The number of carbonyl (C=O) groups is 3. The first-order valence-corrected chi connectivity index (χ1v) is 11.1. The summed E-state index contributed by atoms with van der Waals surface area (Å²) in [5.41, 5.74) is 7.31. The lowest BCUT2D eigenvalue weighted by molar-refractivity contribution is -0.132. The molecule has 3 heterocycles. The number of ketones is 1. The second-order valence-corrected chi connectivity index (χ2v) is 8.25. The van der Waals surface area contributed by atoms with E-state index in [0.717, 1.165) is 25.1 Å². The molecule has 9 nitrogen and oxygen atoms in total. The Morgan fingerprint density at radius 2 is 1.97 bits per heavy atom. The van der Waals surface area contributed by atoms with E-state index in [-0.39, 0.29) is 23.4 Å². The highest BCUT2D eigenvalue weighted by atomic mass is 16.5. The molecule has 2 N–H and O–H groups in total. The second kappa shape index (κ2) is 9.42. The molecule has 0 saturated carbocycles. The summed E-state index contributed by atoms with van der Waals surface area (Å²) in [6.45, 7) is 1.93. The summed E-state index contributed by atoms with van der Waals surface area (Å²) in [6, 6.07) is 6.70. The number of hydrogen-bond acceptors (Lipinski definition) is 6. The summed E-state index contributed by atoms with van der Waals surface area (Å²) in [5, 5.41) is 4.29. The Kier molecular flexibility index (Phi) is 6.43. The Balaban J connectivity index is 1.41. The molecule has 0 unspecified atom stereocenters. The lowest BCUT2D eigenvalue weighted by Gasteiger charge is -2.24. The van der Waals surface area contributed by atoms with Gasteiger partial charge in [-0.3, -0.25) is 14.4 Å². The summed E-state index contributed by atoms with van der Waals surface area (Å²) < 4.78 is 6.69. The van der Waals surface area contributed by atoms with E-state index in [1.165, 1.54) is 10.9 Å². The van der Waals surface area contributed by atoms with Gasteiger partial charge in [0, 0.05) is 32.5 Å². The van der Waals surface area contributed by atoms with Gasteiger partial charge in [0.2, 0.25) is 11.8 Å². The average molecular weight is 440 g/mol. The van der Waals surface area contributed by atoms with Crippen LogP contribution in [0.4, 0.5) is 5.82 Å². The van der Waals surface area contributed by atoms with E-state index >= 15 is 0 Å². The van der Waals surface area contributed by atoms with Crippen molar-refractivity contribution in [1.29, 1.82) is 0 Å². The summed E-state index contributed by atoms with van der Waals surface area (Å²) >= 11 is 0. The first kappa shape index (κ1) is 21.9. The third-order valence-corrected chi connectivity index (χ3v) is 6.25. The van der Waals surface area contributed by atoms with E-state index in [1.54, 1.807) is 24.1 Å². The molecule has 1 aromatic heterocycles. The molecule has 0 aliphatic carbocycles. The number of ether oxygens (including phenoxy) is 1. The predicted octanol–water partition coefficient (Wildman–Crippen LogP) is 2.04. The Bertz CT molecular complexity index is 1000. The van der Waals surface area contributed by atoms with Crippen LogP contribution < -0.4 is 10.5 Å². The van der Waals surface area contributed by atoms with Gasteiger partial charge >= 0.3 is 0 Å². The molecule has 2 saturated heterocycles. The highest BCUT2D eigenvalue weighted by Crippen LogP contribution is 2.26. The predicted molar refractivity (Wildman–Crippen MR) is 119 cm³/mol. The Hall–Kier alpha value is -3.36. The van der Waals surface area contributed by atoms with Crippen LogP contribution >= 0.6 is 0 Å². The zero-order valence-corrected chi connectivity index (χ0v) is 18.3. The van der Waals surface area contributed by atoms with Crippen molar-refractivity contribution in [2.24, 2.45) is 0 Å². The fraction of sp³-hybridized carbons (Fsp3) is 0.478. The molecule has 170 valence electrons. The van der Waals surface area contributed by atoms with E-state index in [0.29, 0.717) is 50.1 Å². The zero-order valence-electron chi connectivity index (χ0n) is 18.3. The number of nitrogen functional groups attached to an aromatic ring is 1. The minimum Gasteiger partial charge on any atom is -0.497 e. The minimum atomic E-state index is -0.522. The number of rotatable bonds is 8. The van der Waals surface area contributed by atoms with Crippen LogP contribution in [-0.4, -0.2) is 70.0 Å². The number of carbonyl (C=O) groups excluding carboxylic acids is 3. The maximum absolute atomic E-state index is 13.3. The topological polar surface area (TPSA) is 111 Å². The smallest absolute Gasteiger partial charge is 0.223 e. The molecule has 0 bridgehead atoms. The van der Waals surface area contributed by atoms with Crippen LogP contribution in [0.1, 0.15) is 48.9 Å². The molecule has 0 radical (unpaired) electrons.